The molecule has 0 N–H and O–H groups in total. The molecule has 3 heterocycles. The Bertz CT molecular complexity index is 677. The van der Waals surface area contributed by atoms with Crippen LogP contribution in [0.2, 0.25) is 0 Å². The Morgan fingerprint density at radius 1 is 1.38 bits per heavy atom. The number of rotatable bonds is 5. The number of nitrogens with zero attached hydrogens (tertiary/aromatic N) is 2. The fraction of sp³-hybridized carbons (Fsp3) is 0.706. The van der Waals surface area contributed by atoms with Crippen LogP contribution >= 0.6 is 0 Å². The summed E-state index contributed by atoms with van der Waals surface area (Å²) >= 11 is 0. The van der Waals surface area contributed by atoms with Crippen molar-refractivity contribution in [2.24, 2.45) is 5.41 Å². The molecule has 3 aliphatic rings. The lowest BCUT2D eigenvalue weighted by molar-refractivity contribution is -0.128. The Labute approximate surface area is 143 Å². The summed E-state index contributed by atoms with van der Waals surface area (Å²) in [6, 6.07) is 3.72. The number of fused-ring (bicyclic) bond motifs is 1. The van der Waals surface area contributed by atoms with Gasteiger partial charge in [0.25, 0.3) is 0 Å². The largest absolute Gasteiger partial charge is 0.491 e. The van der Waals surface area contributed by atoms with Crippen LogP contribution in [0.3, 0.4) is 0 Å². The minimum atomic E-state index is -3.15. The lowest BCUT2D eigenvalue weighted by Gasteiger charge is -2.49. The van der Waals surface area contributed by atoms with Gasteiger partial charge in [-0.1, -0.05) is 0 Å². The van der Waals surface area contributed by atoms with Crippen LogP contribution < -0.4 is 4.74 Å². The van der Waals surface area contributed by atoms with Gasteiger partial charge in [-0.15, -0.1) is 0 Å². The van der Waals surface area contributed by atoms with Crippen molar-refractivity contribution in [2.45, 2.75) is 43.5 Å². The van der Waals surface area contributed by atoms with Gasteiger partial charge in [0.2, 0.25) is 10.0 Å². The van der Waals surface area contributed by atoms with Crippen LogP contribution in [-0.4, -0.2) is 55.4 Å². The zero-order chi connectivity index (χ0) is 16.6. The molecule has 2 atom stereocenters. The van der Waals surface area contributed by atoms with Crippen molar-refractivity contribution in [3.8, 4) is 5.75 Å². The molecule has 0 spiro atoms. The molecule has 1 aliphatic carbocycles. The van der Waals surface area contributed by atoms with Gasteiger partial charge in [-0.2, -0.15) is 0 Å². The first-order chi connectivity index (χ1) is 11.6. The topological polar surface area (TPSA) is 68.7 Å². The third-order valence-electron chi connectivity index (χ3n) is 5.42. The fourth-order valence-electron chi connectivity index (χ4n) is 3.91. The molecule has 132 valence electrons. The van der Waals surface area contributed by atoms with E-state index in [1.807, 2.05) is 12.1 Å². The van der Waals surface area contributed by atoms with Crippen molar-refractivity contribution >= 4 is 10.0 Å². The number of aromatic nitrogens is 1. The molecule has 0 amide bonds. The number of ether oxygens (including phenoxy) is 2. The van der Waals surface area contributed by atoms with Crippen LogP contribution in [0.1, 0.15) is 32.1 Å². The Kier molecular flexibility index (Phi) is 4.26. The highest BCUT2D eigenvalue weighted by molar-refractivity contribution is 7.90. The third kappa shape index (κ3) is 3.05. The summed E-state index contributed by atoms with van der Waals surface area (Å²) in [5.41, 5.74) is -0.256. The predicted molar refractivity (Wildman–Crippen MR) is 89.3 cm³/mol. The van der Waals surface area contributed by atoms with E-state index in [9.17, 15) is 8.42 Å². The van der Waals surface area contributed by atoms with Crippen molar-refractivity contribution in [1.82, 2.24) is 9.29 Å². The van der Waals surface area contributed by atoms with Crippen molar-refractivity contribution in [2.75, 3.05) is 26.3 Å². The first-order valence-electron chi connectivity index (χ1n) is 8.74. The highest BCUT2D eigenvalue weighted by Crippen LogP contribution is 2.43. The molecule has 0 bridgehead atoms. The third-order valence-corrected chi connectivity index (χ3v) is 7.76. The zero-order valence-corrected chi connectivity index (χ0v) is 14.6. The Hall–Kier alpha value is -1.18. The van der Waals surface area contributed by atoms with E-state index >= 15 is 0 Å². The van der Waals surface area contributed by atoms with Crippen molar-refractivity contribution in [3.63, 3.8) is 0 Å². The summed E-state index contributed by atoms with van der Waals surface area (Å²) in [6.07, 6.45) is 7.73. The summed E-state index contributed by atoms with van der Waals surface area (Å²) < 4.78 is 39.0. The molecule has 3 fully saturated rings. The highest BCUT2D eigenvalue weighted by Gasteiger charge is 2.51. The van der Waals surface area contributed by atoms with Crippen LogP contribution in [-0.2, 0) is 14.8 Å². The minimum Gasteiger partial charge on any atom is -0.491 e. The Morgan fingerprint density at radius 3 is 3.00 bits per heavy atom. The van der Waals surface area contributed by atoms with Gasteiger partial charge >= 0.3 is 0 Å². The molecule has 0 radical (unpaired) electrons. The van der Waals surface area contributed by atoms with Gasteiger partial charge in [-0.05, 0) is 44.2 Å². The monoisotopic (exact) mass is 352 g/mol. The van der Waals surface area contributed by atoms with Gasteiger partial charge < -0.3 is 9.47 Å². The molecule has 4 rings (SSSR count). The molecule has 24 heavy (non-hydrogen) atoms. The van der Waals surface area contributed by atoms with Gasteiger partial charge in [-0.25, -0.2) is 12.7 Å². The van der Waals surface area contributed by atoms with E-state index in [1.54, 1.807) is 16.7 Å². The number of pyridine rings is 1. The molecular formula is C17H24N2O4S. The Morgan fingerprint density at radius 2 is 2.25 bits per heavy atom. The van der Waals surface area contributed by atoms with Gasteiger partial charge in [0.1, 0.15) is 5.75 Å². The Balaban J connectivity index is 1.53. The first kappa shape index (κ1) is 16.3. The molecular weight excluding hydrogens is 328 g/mol. The molecule has 6 nitrogen and oxygen atoms in total. The van der Waals surface area contributed by atoms with Crippen LogP contribution in [0.4, 0.5) is 0 Å². The second-order valence-corrected chi connectivity index (χ2v) is 9.38. The summed E-state index contributed by atoms with van der Waals surface area (Å²) in [7, 11) is -3.15. The van der Waals surface area contributed by atoms with Gasteiger partial charge in [0.05, 0.1) is 24.2 Å². The number of piperidine rings is 1. The molecule has 1 aromatic heterocycles. The number of sulfonamides is 1. The summed E-state index contributed by atoms with van der Waals surface area (Å²) in [4.78, 5) is 4.07. The van der Waals surface area contributed by atoms with E-state index < -0.39 is 10.0 Å². The van der Waals surface area contributed by atoms with Crippen molar-refractivity contribution < 1.29 is 17.9 Å². The van der Waals surface area contributed by atoms with Crippen LogP contribution in [0, 0.1) is 5.41 Å². The molecule has 0 aromatic carbocycles. The number of hydrogen-bond acceptors (Lipinski definition) is 5. The van der Waals surface area contributed by atoms with Gasteiger partial charge in [0, 0.05) is 31.3 Å². The van der Waals surface area contributed by atoms with Crippen molar-refractivity contribution in [3.05, 3.63) is 24.5 Å². The molecule has 1 aromatic rings. The molecule has 1 saturated carbocycles. The summed E-state index contributed by atoms with van der Waals surface area (Å²) in [5.74, 6) is 0.721. The maximum atomic E-state index is 12.7. The smallest absolute Gasteiger partial charge is 0.217 e. The van der Waals surface area contributed by atoms with Gasteiger partial charge in [-0.3, -0.25) is 4.98 Å². The van der Waals surface area contributed by atoms with Crippen molar-refractivity contribution in [1.29, 1.82) is 0 Å². The first-order valence-corrected chi connectivity index (χ1v) is 10.2. The average Bonchev–Trinajstić information content (AvgIpc) is 3.46. The maximum absolute atomic E-state index is 12.7. The second kappa shape index (κ2) is 6.28. The van der Waals surface area contributed by atoms with E-state index in [0.29, 0.717) is 19.7 Å². The van der Waals surface area contributed by atoms with E-state index in [4.69, 9.17) is 9.47 Å². The van der Waals surface area contributed by atoms with Crippen LogP contribution in [0.15, 0.2) is 24.5 Å². The van der Waals surface area contributed by atoms with Crippen LogP contribution in [0.25, 0.3) is 0 Å². The fourth-order valence-corrected chi connectivity index (χ4v) is 5.86. The minimum absolute atomic E-state index is 0.0774. The maximum Gasteiger partial charge on any atom is 0.217 e. The number of hydrogen-bond donors (Lipinski definition) is 0. The molecule has 2 aliphatic heterocycles. The standard InChI is InChI=1S/C17H24N2O4S/c20-24(21,15-4-5-15)19-9-6-16-17(12-19,7-2-10-22-16)13-23-14-3-1-8-18-11-14/h1,3,8,11,15-16H,2,4-7,9-10,12-13H2/t16-,17+/m1/s1. The van der Waals surface area contributed by atoms with E-state index in [2.05, 4.69) is 4.98 Å². The quantitative estimate of drug-likeness (QED) is 0.809. The normalized spacial score (nSPS) is 31.4. The lowest BCUT2D eigenvalue weighted by atomic mass is 9.73. The second-order valence-electron chi connectivity index (χ2n) is 7.17. The predicted octanol–water partition coefficient (Wildman–Crippen LogP) is 1.82. The zero-order valence-electron chi connectivity index (χ0n) is 13.8. The average molecular weight is 352 g/mol. The molecule has 2 saturated heterocycles. The van der Waals surface area contributed by atoms with Gasteiger partial charge in [0.15, 0.2) is 0 Å². The SMILES string of the molecule is O=S(=O)(C1CC1)N1CC[C@H]2OCCC[C@@]2(COc2cccnc2)C1. The summed E-state index contributed by atoms with van der Waals surface area (Å²) in [5, 5.41) is -0.158. The van der Waals surface area contributed by atoms with E-state index in [1.165, 1.54) is 0 Å². The van der Waals surface area contributed by atoms with E-state index in [0.717, 1.165) is 44.5 Å². The molecule has 0 unspecified atom stereocenters. The lowest BCUT2D eigenvalue weighted by Crippen LogP contribution is -2.58. The molecule has 7 heteroatoms. The van der Waals surface area contributed by atoms with E-state index in [-0.39, 0.29) is 16.8 Å². The summed E-state index contributed by atoms with van der Waals surface area (Å²) in [6.45, 7) is 2.31. The van der Waals surface area contributed by atoms with Crippen LogP contribution in [0.5, 0.6) is 5.75 Å². The highest BCUT2D eigenvalue weighted by atomic mass is 32.2.